The van der Waals surface area contributed by atoms with E-state index in [1.54, 1.807) is 18.2 Å². The highest BCUT2D eigenvalue weighted by molar-refractivity contribution is 6.32. The number of fused-ring (bicyclic) bond motifs is 1. The Morgan fingerprint density at radius 2 is 2.14 bits per heavy atom. The van der Waals surface area contributed by atoms with Crippen molar-refractivity contribution in [3.05, 3.63) is 58.4 Å². The third-order valence-corrected chi connectivity index (χ3v) is 4.36. The van der Waals surface area contributed by atoms with E-state index in [0.29, 0.717) is 35.5 Å². The minimum absolute atomic E-state index is 0.235. The molecule has 2 aromatic carbocycles. The number of halogens is 1. The van der Waals surface area contributed by atoms with Crippen molar-refractivity contribution in [1.29, 1.82) is 0 Å². The number of nitrogens with one attached hydrogen (secondary N) is 2. The van der Waals surface area contributed by atoms with Gasteiger partial charge in [0.2, 0.25) is 5.91 Å². The molecule has 0 saturated heterocycles. The van der Waals surface area contributed by atoms with Crippen molar-refractivity contribution in [2.45, 2.75) is 20.4 Å². The Morgan fingerprint density at radius 3 is 2.89 bits per heavy atom. The molecular formula is C21H22ClN3O3. The standard InChI is InChI=1S/C21H22ClN3O3/c1-4-28-18-11-14(10-15(22)21(18)27-3)6-8-20(26)23-12-19-24-16-7-5-13(2)9-17(16)25-19/h5-11H,4,12H2,1-3H3,(H,23,26)(H,24,25). The van der Waals surface area contributed by atoms with Crippen molar-refractivity contribution in [3.8, 4) is 11.5 Å². The molecule has 0 atom stereocenters. The van der Waals surface area contributed by atoms with Gasteiger partial charge in [0.25, 0.3) is 0 Å². The number of carbonyl (C=O) groups excluding carboxylic acids is 1. The quantitative estimate of drug-likeness (QED) is 0.582. The van der Waals surface area contributed by atoms with Crippen LogP contribution in [-0.2, 0) is 11.3 Å². The minimum atomic E-state index is -0.235. The fourth-order valence-corrected chi connectivity index (χ4v) is 3.10. The molecule has 3 rings (SSSR count). The zero-order chi connectivity index (χ0) is 20.1. The van der Waals surface area contributed by atoms with Gasteiger partial charge in [0.05, 0.1) is 36.3 Å². The number of hydrogen-bond donors (Lipinski definition) is 2. The van der Waals surface area contributed by atoms with Crippen LogP contribution in [0.1, 0.15) is 23.9 Å². The first-order valence-electron chi connectivity index (χ1n) is 8.91. The van der Waals surface area contributed by atoms with Crippen LogP contribution in [0.4, 0.5) is 0 Å². The molecule has 146 valence electrons. The van der Waals surface area contributed by atoms with E-state index < -0.39 is 0 Å². The lowest BCUT2D eigenvalue weighted by molar-refractivity contribution is -0.116. The third kappa shape index (κ3) is 4.64. The van der Waals surface area contributed by atoms with E-state index in [0.717, 1.165) is 22.2 Å². The van der Waals surface area contributed by atoms with Crippen LogP contribution >= 0.6 is 11.6 Å². The van der Waals surface area contributed by atoms with Gasteiger partial charge in [0, 0.05) is 6.08 Å². The van der Waals surface area contributed by atoms with Crippen LogP contribution in [0.2, 0.25) is 5.02 Å². The van der Waals surface area contributed by atoms with Crippen molar-refractivity contribution >= 4 is 34.6 Å². The molecule has 3 aromatic rings. The largest absolute Gasteiger partial charge is 0.491 e. The summed E-state index contributed by atoms with van der Waals surface area (Å²) in [7, 11) is 1.53. The maximum absolute atomic E-state index is 12.1. The molecule has 28 heavy (non-hydrogen) atoms. The molecule has 2 N–H and O–H groups in total. The number of rotatable bonds is 7. The van der Waals surface area contributed by atoms with Gasteiger partial charge in [0.1, 0.15) is 5.82 Å². The predicted molar refractivity (Wildman–Crippen MR) is 111 cm³/mol. The second-order valence-electron chi connectivity index (χ2n) is 6.22. The number of aryl methyl sites for hydroxylation is 1. The van der Waals surface area contributed by atoms with Crippen LogP contribution in [0.15, 0.2) is 36.4 Å². The highest BCUT2D eigenvalue weighted by atomic mass is 35.5. The molecule has 1 amide bonds. The molecule has 0 unspecified atom stereocenters. The second-order valence-corrected chi connectivity index (χ2v) is 6.63. The minimum Gasteiger partial charge on any atom is -0.491 e. The summed E-state index contributed by atoms with van der Waals surface area (Å²) >= 11 is 6.22. The number of aromatic nitrogens is 2. The summed E-state index contributed by atoms with van der Waals surface area (Å²) in [5, 5.41) is 3.24. The van der Waals surface area contributed by atoms with E-state index >= 15 is 0 Å². The molecule has 0 aliphatic heterocycles. The first-order chi connectivity index (χ1) is 13.5. The number of amides is 1. The van der Waals surface area contributed by atoms with Crippen molar-refractivity contribution < 1.29 is 14.3 Å². The molecule has 0 aliphatic carbocycles. The number of benzene rings is 2. The third-order valence-electron chi connectivity index (χ3n) is 4.08. The normalized spacial score (nSPS) is 11.1. The fraction of sp³-hybridized carbons (Fsp3) is 0.238. The van der Waals surface area contributed by atoms with Gasteiger partial charge in [-0.25, -0.2) is 4.98 Å². The summed E-state index contributed by atoms with van der Waals surface area (Å²) < 4.78 is 10.8. The summed E-state index contributed by atoms with van der Waals surface area (Å²) in [5.74, 6) is 1.48. The van der Waals surface area contributed by atoms with E-state index in [4.69, 9.17) is 21.1 Å². The van der Waals surface area contributed by atoms with E-state index in [2.05, 4.69) is 15.3 Å². The summed E-state index contributed by atoms with van der Waals surface area (Å²) in [6, 6.07) is 9.48. The zero-order valence-electron chi connectivity index (χ0n) is 16.0. The van der Waals surface area contributed by atoms with Gasteiger partial charge in [-0.05, 0) is 55.3 Å². The Morgan fingerprint density at radius 1 is 1.32 bits per heavy atom. The lowest BCUT2D eigenvalue weighted by Gasteiger charge is -2.11. The van der Waals surface area contributed by atoms with Crippen molar-refractivity contribution in [2.24, 2.45) is 0 Å². The number of ether oxygens (including phenoxy) is 2. The van der Waals surface area contributed by atoms with E-state index in [9.17, 15) is 4.79 Å². The van der Waals surface area contributed by atoms with Gasteiger partial charge in [-0.2, -0.15) is 0 Å². The fourth-order valence-electron chi connectivity index (χ4n) is 2.81. The molecule has 0 spiro atoms. The lowest BCUT2D eigenvalue weighted by Crippen LogP contribution is -2.20. The smallest absolute Gasteiger partial charge is 0.244 e. The van der Waals surface area contributed by atoms with Crippen LogP contribution in [0.5, 0.6) is 11.5 Å². The van der Waals surface area contributed by atoms with Crippen molar-refractivity contribution in [2.75, 3.05) is 13.7 Å². The Labute approximate surface area is 168 Å². The van der Waals surface area contributed by atoms with Gasteiger partial charge < -0.3 is 19.8 Å². The average molecular weight is 400 g/mol. The van der Waals surface area contributed by atoms with Crippen LogP contribution in [0, 0.1) is 6.92 Å². The number of hydrogen-bond acceptors (Lipinski definition) is 4. The summed E-state index contributed by atoms with van der Waals surface area (Å²) in [4.78, 5) is 19.8. The van der Waals surface area contributed by atoms with Crippen LogP contribution in [0.3, 0.4) is 0 Å². The molecule has 0 saturated carbocycles. The Bertz CT molecular complexity index is 1030. The number of methoxy groups -OCH3 is 1. The monoisotopic (exact) mass is 399 g/mol. The zero-order valence-corrected chi connectivity index (χ0v) is 16.8. The number of H-pyrrole nitrogens is 1. The van der Waals surface area contributed by atoms with Crippen LogP contribution in [0.25, 0.3) is 17.1 Å². The van der Waals surface area contributed by atoms with Crippen LogP contribution < -0.4 is 14.8 Å². The molecule has 1 aromatic heterocycles. The topological polar surface area (TPSA) is 76.2 Å². The van der Waals surface area contributed by atoms with Gasteiger partial charge in [-0.3, -0.25) is 4.79 Å². The van der Waals surface area contributed by atoms with E-state index in [1.165, 1.54) is 13.2 Å². The maximum Gasteiger partial charge on any atom is 0.244 e. The Hall–Kier alpha value is -2.99. The maximum atomic E-state index is 12.1. The number of imidazole rings is 1. The second kappa shape index (κ2) is 8.80. The number of carbonyl (C=O) groups is 1. The van der Waals surface area contributed by atoms with Crippen LogP contribution in [-0.4, -0.2) is 29.6 Å². The SMILES string of the molecule is CCOc1cc(C=CC(=O)NCc2nc3ccc(C)cc3[nH]2)cc(Cl)c1OC. The molecule has 0 fully saturated rings. The average Bonchev–Trinajstić information content (AvgIpc) is 3.07. The van der Waals surface area contributed by atoms with E-state index in [1.807, 2.05) is 32.0 Å². The molecular weight excluding hydrogens is 378 g/mol. The van der Waals surface area contributed by atoms with Gasteiger partial charge >= 0.3 is 0 Å². The lowest BCUT2D eigenvalue weighted by atomic mass is 10.2. The van der Waals surface area contributed by atoms with Crippen molar-refractivity contribution in [3.63, 3.8) is 0 Å². The molecule has 6 nitrogen and oxygen atoms in total. The molecule has 0 bridgehead atoms. The molecule has 0 radical (unpaired) electrons. The molecule has 7 heteroatoms. The van der Waals surface area contributed by atoms with Gasteiger partial charge in [0.15, 0.2) is 11.5 Å². The number of aromatic amines is 1. The van der Waals surface area contributed by atoms with Gasteiger partial charge in [-0.1, -0.05) is 17.7 Å². The molecule has 0 aliphatic rings. The highest BCUT2D eigenvalue weighted by Gasteiger charge is 2.10. The Balaban J connectivity index is 1.66. The summed E-state index contributed by atoms with van der Waals surface area (Å²) in [6.07, 6.45) is 3.12. The molecule has 1 heterocycles. The first-order valence-corrected chi connectivity index (χ1v) is 9.29. The summed E-state index contributed by atoms with van der Waals surface area (Å²) in [5.41, 5.74) is 3.72. The first kappa shape index (κ1) is 19.8. The summed E-state index contributed by atoms with van der Waals surface area (Å²) in [6.45, 7) is 4.69. The Kier molecular flexibility index (Phi) is 6.21. The van der Waals surface area contributed by atoms with E-state index in [-0.39, 0.29) is 5.91 Å². The van der Waals surface area contributed by atoms with Gasteiger partial charge in [-0.15, -0.1) is 0 Å². The highest BCUT2D eigenvalue weighted by Crippen LogP contribution is 2.36. The predicted octanol–water partition coefficient (Wildman–Crippen LogP) is 4.26. The van der Waals surface area contributed by atoms with Crippen molar-refractivity contribution in [1.82, 2.24) is 15.3 Å². The number of nitrogens with zero attached hydrogens (tertiary/aromatic N) is 1.